The molecule has 0 atom stereocenters. The molecule has 0 aromatic rings. The van der Waals surface area contributed by atoms with Crippen molar-refractivity contribution in [2.24, 2.45) is 0 Å². The van der Waals surface area contributed by atoms with Crippen LogP contribution in [0.25, 0.3) is 0 Å². The Bertz CT molecular complexity index is 15.2. The zero-order chi connectivity index (χ0) is 6.83. The minimum Gasteiger partial charge on any atom is -0.343 e. The molecule has 0 aromatic carbocycles. The van der Waals surface area contributed by atoms with Crippen LogP contribution in [0.5, 0.6) is 0 Å². The number of unbranched alkanes of at least 4 members (excludes halogenated alkanes) is 2. The zero-order valence-corrected chi connectivity index (χ0v) is 8.41. The van der Waals surface area contributed by atoms with Crippen LogP contribution in [-0.4, -0.2) is 0 Å². The minimum atomic E-state index is 0. The number of hydrogen-bond donors (Lipinski definition) is 0. The summed E-state index contributed by atoms with van der Waals surface area (Å²) >= 11 is 0. The Morgan fingerprint density at radius 3 is 1.40 bits per heavy atom. The molecule has 0 saturated carbocycles. The van der Waals surface area contributed by atoms with Gasteiger partial charge in [0, 0.05) is 0 Å². The van der Waals surface area contributed by atoms with Crippen molar-refractivity contribution in [3.63, 3.8) is 0 Å². The van der Waals surface area contributed by atoms with Crippen molar-refractivity contribution in [3.8, 4) is 0 Å². The molecule has 0 saturated heterocycles. The monoisotopic (exact) mass is 128 g/mol. The van der Waals surface area contributed by atoms with E-state index in [-0.39, 0.29) is 37.7 Å². The summed E-state index contributed by atoms with van der Waals surface area (Å²) in [6, 6.07) is 0. The topological polar surface area (TPSA) is 0 Å². The Morgan fingerprint density at radius 2 is 1.40 bits per heavy atom. The van der Waals surface area contributed by atoms with E-state index in [2.05, 4.69) is 34.1 Å². The van der Waals surface area contributed by atoms with Gasteiger partial charge in [0.1, 0.15) is 0 Å². The molecule has 0 nitrogen and oxygen atoms in total. The van der Waals surface area contributed by atoms with Gasteiger partial charge in [0.15, 0.2) is 0 Å². The van der Waals surface area contributed by atoms with Gasteiger partial charge >= 0.3 is 37.7 Å². The fourth-order valence-electron chi connectivity index (χ4n) is 0. The van der Waals surface area contributed by atoms with Crippen LogP contribution in [0.1, 0.15) is 40.0 Å². The number of hydrogen-bond acceptors (Lipinski definition) is 0. The molecular formula is C8H18Li2. The van der Waals surface area contributed by atoms with E-state index in [4.69, 9.17) is 0 Å². The fourth-order valence-corrected chi connectivity index (χ4v) is 0. The minimum absolute atomic E-state index is 0. The Labute approximate surface area is 90.9 Å². The second-order valence-electron chi connectivity index (χ2n) is 1.67. The van der Waals surface area contributed by atoms with Crippen LogP contribution < -0.4 is 37.7 Å². The van der Waals surface area contributed by atoms with Gasteiger partial charge < -0.3 is 13.3 Å². The summed E-state index contributed by atoms with van der Waals surface area (Å²) in [4.78, 5) is 0. The van der Waals surface area contributed by atoms with E-state index in [1.54, 1.807) is 0 Å². The average molecular weight is 128 g/mol. The summed E-state index contributed by atoms with van der Waals surface area (Å²) in [6.07, 6.45) is 5.60. The molecule has 2 heteroatoms. The molecule has 0 heterocycles. The maximum absolute atomic E-state index is 3.60. The van der Waals surface area contributed by atoms with Gasteiger partial charge in [0.2, 0.25) is 0 Å². The molecule has 0 aliphatic rings. The van der Waals surface area contributed by atoms with Gasteiger partial charge in [0.25, 0.3) is 0 Å². The summed E-state index contributed by atoms with van der Waals surface area (Å²) in [5.74, 6) is 0. The third-order valence-corrected chi connectivity index (χ3v) is 0.762. The van der Waals surface area contributed by atoms with E-state index in [9.17, 15) is 0 Å². The average Bonchev–Trinajstić information content (AvgIpc) is 1.88. The summed E-state index contributed by atoms with van der Waals surface area (Å²) in [6.45, 7) is 9.90. The molecule has 0 unspecified atom stereocenters. The van der Waals surface area contributed by atoms with Crippen LogP contribution in [-0.2, 0) is 0 Å². The maximum Gasteiger partial charge on any atom is 1.00 e. The SMILES string of the molecule is C[CH-]CC.[CH2-]CCC.[Li+].[Li+]. The summed E-state index contributed by atoms with van der Waals surface area (Å²) in [7, 11) is 0. The van der Waals surface area contributed by atoms with Crippen LogP contribution in [0.4, 0.5) is 0 Å². The van der Waals surface area contributed by atoms with Gasteiger partial charge in [-0.2, -0.15) is 19.8 Å². The summed E-state index contributed by atoms with van der Waals surface area (Å²) < 4.78 is 0. The van der Waals surface area contributed by atoms with E-state index >= 15 is 0 Å². The van der Waals surface area contributed by atoms with E-state index in [0.717, 1.165) is 6.42 Å². The largest absolute Gasteiger partial charge is 1.00 e. The van der Waals surface area contributed by atoms with Crippen molar-refractivity contribution < 1.29 is 37.7 Å². The van der Waals surface area contributed by atoms with Crippen LogP contribution in [0, 0.1) is 13.3 Å². The van der Waals surface area contributed by atoms with E-state index in [1.807, 2.05) is 0 Å². The van der Waals surface area contributed by atoms with Crippen LogP contribution in [0.2, 0.25) is 0 Å². The van der Waals surface area contributed by atoms with Crippen molar-refractivity contribution in [1.29, 1.82) is 0 Å². The second-order valence-corrected chi connectivity index (χ2v) is 1.67. The molecule has 0 spiro atoms. The zero-order valence-electron chi connectivity index (χ0n) is 8.41. The van der Waals surface area contributed by atoms with Crippen molar-refractivity contribution in [3.05, 3.63) is 13.3 Å². The van der Waals surface area contributed by atoms with Crippen LogP contribution >= 0.6 is 0 Å². The van der Waals surface area contributed by atoms with Crippen molar-refractivity contribution in [1.82, 2.24) is 0 Å². The van der Waals surface area contributed by atoms with Crippen LogP contribution in [0.3, 0.4) is 0 Å². The molecule has 10 heavy (non-hydrogen) atoms. The summed E-state index contributed by atoms with van der Waals surface area (Å²) in [5, 5.41) is 0. The first-order valence-corrected chi connectivity index (χ1v) is 3.40. The van der Waals surface area contributed by atoms with Crippen molar-refractivity contribution in [2.45, 2.75) is 40.0 Å². The molecule has 0 N–H and O–H groups in total. The number of rotatable bonds is 2. The Kier molecular flexibility index (Phi) is 71.8. The third-order valence-electron chi connectivity index (χ3n) is 0.762. The van der Waals surface area contributed by atoms with E-state index in [0.29, 0.717) is 0 Å². The van der Waals surface area contributed by atoms with Crippen molar-refractivity contribution >= 4 is 0 Å². The fraction of sp³-hybridized carbons (Fsp3) is 0.750. The molecule has 0 amide bonds. The standard InChI is InChI=1S/2C4H9.2Li/c2*1-3-4-2;;/h3H,4H2,1-2H3;1,3-4H2,2H3;;/q2*-1;2*+1. The molecule has 0 rings (SSSR count). The molecule has 0 aliphatic carbocycles. The van der Waals surface area contributed by atoms with E-state index < -0.39 is 0 Å². The predicted octanol–water partition coefficient (Wildman–Crippen LogP) is -2.75. The molecule has 0 fully saturated rings. The maximum atomic E-state index is 3.60. The molecule has 0 bridgehead atoms. The Morgan fingerprint density at radius 1 is 1.20 bits per heavy atom. The van der Waals surface area contributed by atoms with Crippen LogP contribution in [0.15, 0.2) is 0 Å². The molecule has 0 aromatic heterocycles. The van der Waals surface area contributed by atoms with Gasteiger partial charge in [-0.15, -0.1) is 0 Å². The quantitative estimate of drug-likeness (QED) is 0.279. The van der Waals surface area contributed by atoms with Gasteiger partial charge in [0.05, 0.1) is 0 Å². The summed E-state index contributed by atoms with van der Waals surface area (Å²) in [5.41, 5.74) is 0. The van der Waals surface area contributed by atoms with Gasteiger partial charge in [-0.1, -0.05) is 20.3 Å². The Balaban J connectivity index is -0.0000000300. The molecule has 0 radical (unpaired) electrons. The van der Waals surface area contributed by atoms with E-state index in [1.165, 1.54) is 12.8 Å². The second kappa shape index (κ2) is 31.9. The molecule has 52 valence electrons. The van der Waals surface area contributed by atoms with Gasteiger partial charge in [-0.25, -0.2) is 0 Å². The smallest absolute Gasteiger partial charge is 0.343 e. The predicted molar refractivity (Wildman–Crippen MR) is 40.5 cm³/mol. The third kappa shape index (κ3) is 60.5. The first-order valence-electron chi connectivity index (χ1n) is 3.40. The first-order chi connectivity index (χ1) is 3.83. The first kappa shape index (κ1) is 22.5. The molecular weight excluding hydrogens is 110 g/mol. The van der Waals surface area contributed by atoms with Gasteiger partial charge in [-0.3, -0.25) is 0 Å². The Hall–Kier alpha value is 1.19. The normalized spacial score (nSPS) is 6.00. The van der Waals surface area contributed by atoms with Gasteiger partial charge in [-0.05, 0) is 0 Å². The van der Waals surface area contributed by atoms with Crippen molar-refractivity contribution in [2.75, 3.05) is 0 Å². The molecule has 0 aliphatic heterocycles.